The lowest BCUT2D eigenvalue weighted by Crippen LogP contribution is -2.17. The van der Waals surface area contributed by atoms with Crippen molar-refractivity contribution in [3.63, 3.8) is 0 Å². The number of nitrogens with one attached hydrogen (secondary N) is 2. The van der Waals surface area contributed by atoms with Gasteiger partial charge in [-0.15, -0.1) is 0 Å². The fraction of sp³-hybridized carbons (Fsp3) is 0.0556. The Morgan fingerprint density at radius 2 is 1.92 bits per heavy atom. The first kappa shape index (κ1) is 15.5. The molecule has 1 heterocycles. The lowest BCUT2D eigenvalue weighted by molar-refractivity contribution is 0.0950. The van der Waals surface area contributed by atoms with Crippen LogP contribution < -0.4 is 10.2 Å². The average Bonchev–Trinajstić information content (AvgIpc) is 3.13. The summed E-state index contributed by atoms with van der Waals surface area (Å²) in [5, 5.41) is 10.8. The smallest absolute Gasteiger partial charge is 0.289 e. The summed E-state index contributed by atoms with van der Waals surface area (Å²) >= 11 is 0. The molecule has 0 radical (unpaired) electrons. The van der Waals surface area contributed by atoms with Crippen LogP contribution >= 0.6 is 0 Å². The van der Waals surface area contributed by atoms with Crippen molar-refractivity contribution < 1.29 is 9.53 Å². The summed E-state index contributed by atoms with van der Waals surface area (Å²) in [5.74, 6) is 0.413. The Morgan fingerprint density at radius 1 is 1.17 bits per heavy atom. The molecule has 0 saturated heterocycles. The molecular formula is C18H16N4O2. The standard InChI is InChI=1S/C18H16N4O2/c1-24-15-9-7-13(8-10-15)12-19-22-18(23)17-11-16(20-21-17)14-5-3-2-4-6-14/h2-12H,1H3,(H,20,21)(H,22,23). The SMILES string of the molecule is COc1ccc(C=NNC(=O)c2cc(-c3ccccc3)n[nH]2)cc1. The van der Waals surface area contributed by atoms with Gasteiger partial charge >= 0.3 is 0 Å². The Kier molecular flexibility index (Phi) is 4.67. The van der Waals surface area contributed by atoms with Crippen LogP contribution in [0, 0.1) is 0 Å². The van der Waals surface area contributed by atoms with Gasteiger partial charge in [-0.05, 0) is 35.9 Å². The van der Waals surface area contributed by atoms with E-state index in [-0.39, 0.29) is 5.91 Å². The van der Waals surface area contributed by atoms with Crippen molar-refractivity contribution in [2.45, 2.75) is 0 Å². The zero-order valence-corrected chi connectivity index (χ0v) is 13.1. The molecular weight excluding hydrogens is 304 g/mol. The molecule has 1 aromatic heterocycles. The van der Waals surface area contributed by atoms with Crippen LogP contribution in [0.3, 0.4) is 0 Å². The van der Waals surface area contributed by atoms with Gasteiger partial charge in [0.2, 0.25) is 0 Å². The predicted octanol–water partition coefficient (Wildman–Crippen LogP) is 2.85. The molecule has 0 aliphatic carbocycles. The van der Waals surface area contributed by atoms with E-state index in [1.807, 2.05) is 54.6 Å². The first-order chi connectivity index (χ1) is 11.8. The second kappa shape index (κ2) is 7.23. The monoisotopic (exact) mass is 320 g/mol. The fourth-order valence-electron chi connectivity index (χ4n) is 2.11. The molecule has 2 aromatic carbocycles. The van der Waals surface area contributed by atoms with Crippen molar-refractivity contribution >= 4 is 12.1 Å². The lowest BCUT2D eigenvalue weighted by Gasteiger charge is -1.99. The molecule has 2 N–H and O–H groups in total. The molecule has 120 valence electrons. The van der Waals surface area contributed by atoms with Crippen molar-refractivity contribution in [1.82, 2.24) is 15.6 Å². The number of aromatic amines is 1. The van der Waals surface area contributed by atoms with Crippen molar-refractivity contribution in [2.24, 2.45) is 5.10 Å². The first-order valence-electron chi connectivity index (χ1n) is 7.34. The summed E-state index contributed by atoms with van der Waals surface area (Å²) < 4.78 is 5.08. The molecule has 0 bridgehead atoms. The maximum Gasteiger partial charge on any atom is 0.289 e. The highest BCUT2D eigenvalue weighted by Crippen LogP contribution is 2.16. The quantitative estimate of drug-likeness (QED) is 0.560. The zero-order valence-electron chi connectivity index (χ0n) is 13.1. The number of benzene rings is 2. The third-order valence-corrected chi connectivity index (χ3v) is 3.39. The number of ether oxygens (including phenoxy) is 1. The van der Waals surface area contributed by atoms with Gasteiger partial charge in [-0.1, -0.05) is 30.3 Å². The molecule has 6 nitrogen and oxygen atoms in total. The summed E-state index contributed by atoms with van der Waals surface area (Å²) in [6.07, 6.45) is 1.56. The number of carbonyl (C=O) groups excluding carboxylic acids is 1. The van der Waals surface area contributed by atoms with E-state index in [1.165, 1.54) is 0 Å². The van der Waals surface area contributed by atoms with Gasteiger partial charge in [0.05, 0.1) is 19.0 Å². The second-order valence-electron chi connectivity index (χ2n) is 5.01. The van der Waals surface area contributed by atoms with Gasteiger partial charge in [-0.2, -0.15) is 10.2 Å². The highest BCUT2D eigenvalue weighted by Gasteiger charge is 2.09. The van der Waals surface area contributed by atoms with E-state index in [0.717, 1.165) is 16.9 Å². The van der Waals surface area contributed by atoms with Gasteiger partial charge in [-0.25, -0.2) is 5.43 Å². The summed E-state index contributed by atoms with van der Waals surface area (Å²) in [6.45, 7) is 0. The molecule has 0 saturated carbocycles. The first-order valence-corrected chi connectivity index (χ1v) is 7.34. The molecule has 0 atom stereocenters. The molecule has 3 aromatic rings. The van der Waals surface area contributed by atoms with E-state index in [1.54, 1.807) is 19.4 Å². The molecule has 24 heavy (non-hydrogen) atoms. The van der Waals surface area contributed by atoms with Gasteiger partial charge in [0.25, 0.3) is 5.91 Å². The summed E-state index contributed by atoms with van der Waals surface area (Å²) in [6, 6.07) is 18.7. The minimum absolute atomic E-state index is 0.348. The van der Waals surface area contributed by atoms with Crippen molar-refractivity contribution in [1.29, 1.82) is 0 Å². The third kappa shape index (κ3) is 3.67. The number of rotatable bonds is 5. The van der Waals surface area contributed by atoms with E-state index in [9.17, 15) is 4.79 Å². The minimum atomic E-state index is -0.352. The summed E-state index contributed by atoms with van der Waals surface area (Å²) in [5.41, 5.74) is 5.32. The van der Waals surface area contributed by atoms with E-state index >= 15 is 0 Å². The van der Waals surface area contributed by atoms with Gasteiger partial charge < -0.3 is 4.74 Å². The van der Waals surface area contributed by atoms with Crippen LogP contribution in [0.4, 0.5) is 0 Å². The molecule has 6 heteroatoms. The van der Waals surface area contributed by atoms with Crippen LogP contribution in [0.2, 0.25) is 0 Å². The number of H-pyrrole nitrogens is 1. The number of amides is 1. The molecule has 3 rings (SSSR count). The van der Waals surface area contributed by atoms with E-state index < -0.39 is 0 Å². The summed E-state index contributed by atoms with van der Waals surface area (Å²) in [4.78, 5) is 12.1. The molecule has 0 aliphatic heterocycles. The molecule has 1 amide bonds. The Morgan fingerprint density at radius 3 is 2.62 bits per heavy atom. The van der Waals surface area contributed by atoms with Crippen LogP contribution in [-0.4, -0.2) is 29.4 Å². The fourth-order valence-corrected chi connectivity index (χ4v) is 2.11. The maximum absolute atomic E-state index is 12.1. The number of hydrogen-bond donors (Lipinski definition) is 2. The van der Waals surface area contributed by atoms with Crippen LogP contribution in [0.15, 0.2) is 65.8 Å². The average molecular weight is 320 g/mol. The van der Waals surface area contributed by atoms with Crippen LogP contribution in [0.25, 0.3) is 11.3 Å². The van der Waals surface area contributed by atoms with Crippen molar-refractivity contribution in [3.05, 3.63) is 71.9 Å². The van der Waals surface area contributed by atoms with Gasteiger partial charge in [0.1, 0.15) is 11.4 Å². The van der Waals surface area contributed by atoms with Gasteiger partial charge in [-0.3, -0.25) is 9.89 Å². The number of nitrogens with zero attached hydrogens (tertiary/aromatic N) is 2. The summed E-state index contributed by atoms with van der Waals surface area (Å²) in [7, 11) is 1.61. The van der Waals surface area contributed by atoms with E-state index in [4.69, 9.17) is 4.74 Å². The number of hydrogen-bond acceptors (Lipinski definition) is 4. The number of methoxy groups -OCH3 is 1. The van der Waals surface area contributed by atoms with Crippen LogP contribution in [0.1, 0.15) is 16.1 Å². The minimum Gasteiger partial charge on any atom is -0.497 e. The zero-order chi connectivity index (χ0) is 16.8. The third-order valence-electron chi connectivity index (χ3n) is 3.39. The number of carbonyl (C=O) groups is 1. The number of hydrazone groups is 1. The van der Waals surface area contributed by atoms with E-state index in [2.05, 4.69) is 20.7 Å². The van der Waals surface area contributed by atoms with Crippen molar-refractivity contribution in [3.8, 4) is 17.0 Å². The Hall–Kier alpha value is -3.41. The Bertz CT molecular complexity index is 839. The molecule has 0 spiro atoms. The number of aromatic nitrogens is 2. The largest absolute Gasteiger partial charge is 0.497 e. The van der Waals surface area contributed by atoms with Crippen LogP contribution in [0.5, 0.6) is 5.75 Å². The second-order valence-corrected chi connectivity index (χ2v) is 5.01. The maximum atomic E-state index is 12.1. The molecule has 0 unspecified atom stereocenters. The Labute approximate surface area is 139 Å². The normalized spacial score (nSPS) is 10.7. The molecule has 0 fully saturated rings. The topological polar surface area (TPSA) is 79.4 Å². The van der Waals surface area contributed by atoms with Crippen molar-refractivity contribution in [2.75, 3.05) is 7.11 Å². The van der Waals surface area contributed by atoms with Gasteiger partial charge in [0.15, 0.2) is 0 Å². The van der Waals surface area contributed by atoms with Crippen LogP contribution in [-0.2, 0) is 0 Å². The molecule has 0 aliphatic rings. The highest BCUT2D eigenvalue weighted by molar-refractivity contribution is 5.94. The highest BCUT2D eigenvalue weighted by atomic mass is 16.5. The predicted molar refractivity (Wildman–Crippen MR) is 92.1 cm³/mol. The lowest BCUT2D eigenvalue weighted by atomic mass is 10.1. The Balaban J connectivity index is 1.62. The van der Waals surface area contributed by atoms with E-state index in [0.29, 0.717) is 11.4 Å². The van der Waals surface area contributed by atoms with Gasteiger partial charge in [0, 0.05) is 5.56 Å².